The highest BCUT2D eigenvalue weighted by molar-refractivity contribution is 9.13. The van der Waals surface area contributed by atoms with Crippen LogP contribution in [0.25, 0.3) is 0 Å². The molecule has 100 valence electrons. The molecule has 1 N–H and O–H groups in total. The van der Waals surface area contributed by atoms with Crippen LogP contribution in [-0.2, 0) is 10.0 Å². The molecule has 0 heterocycles. The van der Waals surface area contributed by atoms with Crippen LogP contribution < -0.4 is 4.72 Å². The maximum Gasteiger partial charge on any atom is 0.261 e. The highest BCUT2D eigenvalue weighted by atomic mass is 79.9. The normalized spacial score (nSPS) is 11.3. The molecule has 0 aliphatic rings. The number of hydrogen-bond donors (Lipinski definition) is 1. The van der Waals surface area contributed by atoms with Gasteiger partial charge in [0.25, 0.3) is 10.0 Å². The third kappa shape index (κ3) is 3.58. The van der Waals surface area contributed by atoms with E-state index in [4.69, 9.17) is 0 Å². The number of halogens is 2. The summed E-state index contributed by atoms with van der Waals surface area (Å²) in [5.74, 6) is 0. The summed E-state index contributed by atoms with van der Waals surface area (Å²) in [4.78, 5) is 0.247. The van der Waals surface area contributed by atoms with Crippen LogP contribution >= 0.6 is 31.9 Å². The molecule has 6 heteroatoms. The minimum absolute atomic E-state index is 0.247. The zero-order valence-corrected chi connectivity index (χ0v) is 14.0. The molecule has 0 atom stereocenters. The smallest absolute Gasteiger partial charge is 0.261 e. The van der Waals surface area contributed by atoms with Gasteiger partial charge in [0.05, 0.1) is 10.6 Å². The van der Waals surface area contributed by atoms with Crippen molar-refractivity contribution >= 4 is 47.6 Å². The van der Waals surface area contributed by atoms with E-state index in [9.17, 15) is 8.42 Å². The second-order valence-corrected chi connectivity index (χ2v) is 7.44. The molecule has 0 unspecified atom stereocenters. The fourth-order valence-corrected chi connectivity index (χ4v) is 3.17. The third-order valence-corrected chi connectivity index (χ3v) is 5.78. The molecule has 0 aliphatic carbocycles. The lowest BCUT2D eigenvalue weighted by molar-refractivity contribution is 0.601. The van der Waals surface area contributed by atoms with Crippen LogP contribution in [0.2, 0.25) is 0 Å². The van der Waals surface area contributed by atoms with E-state index in [0.717, 1.165) is 14.5 Å². The van der Waals surface area contributed by atoms with Crippen LogP contribution in [-0.4, -0.2) is 8.42 Å². The first kappa shape index (κ1) is 14.6. The van der Waals surface area contributed by atoms with Gasteiger partial charge in [-0.15, -0.1) is 0 Å². The Balaban J connectivity index is 2.30. The Bertz CT molecular complexity index is 697. The summed E-state index contributed by atoms with van der Waals surface area (Å²) in [5, 5.41) is 0. The molecular formula is C13H11Br2NO2S. The molecule has 2 aromatic carbocycles. The minimum atomic E-state index is -3.55. The Morgan fingerprint density at radius 3 is 2.16 bits per heavy atom. The lowest BCUT2D eigenvalue weighted by atomic mass is 10.2. The van der Waals surface area contributed by atoms with E-state index < -0.39 is 10.0 Å². The molecule has 0 spiro atoms. The maximum absolute atomic E-state index is 12.2. The van der Waals surface area contributed by atoms with Crippen molar-refractivity contribution in [3.8, 4) is 0 Å². The van der Waals surface area contributed by atoms with Crippen molar-refractivity contribution in [3.63, 3.8) is 0 Å². The van der Waals surface area contributed by atoms with Gasteiger partial charge < -0.3 is 0 Å². The summed E-state index contributed by atoms with van der Waals surface area (Å²) < 4.78 is 28.5. The predicted octanol–water partition coefficient (Wildman–Crippen LogP) is 4.32. The van der Waals surface area contributed by atoms with Crippen molar-refractivity contribution in [1.82, 2.24) is 0 Å². The van der Waals surface area contributed by atoms with Crippen molar-refractivity contribution in [2.24, 2.45) is 0 Å². The van der Waals surface area contributed by atoms with Gasteiger partial charge in [0.15, 0.2) is 0 Å². The fourth-order valence-electron chi connectivity index (χ4n) is 1.49. The second kappa shape index (κ2) is 5.64. The Kier molecular flexibility index (Phi) is 4.32. The van der Waals surface area contributed by atoms with Gasteiger partial charge in [0.1, 0.15) is 0 Å². The van der Waals surface area contributed by atoms with E-state index in [0.29, 0.717) is 5.69 Å². The highest BCUT2D eigenvalue weighted by Gasteiger charge is 2.14. The first-order valence-electron chi connectivity index (χ1n) is 5.43. The molecule has 19 heavy (non-hydrogen) atoms. The molecular weight excluding hydrogens is 394 g/mol. The third-order valence-electron chi connectivity index (χ3n) is 2.50. The van der Waals surface area contributed by atoms with Crippen molar-refractivity contribution in [1.29, 1.82) is 0 Å². The topological polar surface area (TPSA) is 46.2 Å². The zero-order chi connectivity index (χ0) is 14.0. The van der Waals surface area contributed by atoms with Crippen LogP contribution in [0.15, 0.2) is 56.3 Å². The molecule has 0 aliphatic heterocycles. The number of sulfonamides is 1. The molecule has 2 aromatic rings. The van der Waals surface area contributed by atoms with Crippen LogP contribution in [0.1, 0.15) is 5.56 Å². The standard InChI is InChI=1S/C13H11Br2NO2S/c1-9-2-5-11(6-3-9)19(17,18)16-10-4-7-12(14)13(15)8-10/h2-8,16H,1H3. The van der Waals surface area contributed by atoms with Crippen molar-refractivity contribution < 1.29 is 8.42 Å². The number of aryl methyl sites for hydroxylation is 1. The van der Waals surface area contributed by atoms with E-state index in [1.807, 2.05) is 6.92 Å². The van der Waals surface area contributed by atoms with E-state index in [1.165, 1.54) is 0 Å². The van der Waals surface area contributed by atoms with E-state index >= 15 is 0 Å². The lowest BCUT2D eigenvalue weighted by Crippen LogP contribution is -2.12. The molecule has 3 nitrogen and oxygen atoms in total. The fraction of sp³-hybridized carbons (Fsp3) is 0.0769. The molecule has 0 aromatic heterocycles. The quantitative estimate of drug-likeness (QED) is 0.827. The Labute approximate surface area is 129 Å². The maximum atomic E-state index is 12.2. The first-order valence-corrected chi connectivity index (χ1v) is 8.50. The van der Waals surface area contributed by atoms with Crippen LogP contribution in [0, 0.1) is 6.92 Å². The van der Waals surface area contributed by atoms with E-state index in [-0.39, 0.29) is 4.90 Å². The summed E-state index contributed by atoms with van der Waals surface area (Å²) in [6, 6.07) is 11.9. The molecule has 0 saturated carbocycles. The number of nitrogens with one attached hydrogen (secondary N) is 1. The van der Waals surface area contributed by atoms with Crippen molar-refractivity contribution in [2.45, 2.75) is 11.8 Å². The number of anilines is 1. The summed E-state index contributed by atoms with van der Waals surface area (Å²) in [6.45, 7) is 1.91. The van der Waals surface area contributed by atoms with Gasteiger partial charge in [-0.05, 0) is 69.1 Å². The van der Waals surface area contributed by atoms with Crippen LogP contribution in [0.4, 0.5) is 5.69 Å². The van der Waals surface area contributed by atoms with Gasteiger partial charge in [0, 0.05) is 8.95 Å². The number of benzene rings is 2. The zero-order valence-electron chi connectivity index (χ0n) is 10.0. The SMILES string of the molecule is Cc1ccc(S(=O)(=O)Nc2ccc(Br)c(Br)c2)cc1. The molecule has 0 bridgehead atoms. The van der Waals surface area contributed by atoms with Gasteiger partial charge in [0.2, 0.25) is 0 Å². The first-order chi connectivity index (χ1) is 8.88. The number of hydrogen-bond acceptors (Lipinski definition) is 2. The second-order valence-electron chi connectivity index (χ2n) is 4.05. The summed E-state index contributed by atoms with van der Waals surface area (Å²) in [7, 11) is -3.55. The van der Waals surface area contributed by atoms with Crippen LogP contribution in [0.3, 0.4) is 0 Å². The van der Waals surface area contributed by atoms with Gasteiger partial charge >= 0.3 is 0 Å². The van der Waals surface area contributed by atoms with Gasteiger partial charge in [-0.3, -0.25) is 4.72 Å². The summed E-state index contributed by atoms with van der Waals surface area (Å²) in [5.41, 5.74) is 1.53. The largest absolute Gasteiger partial charge is 0.280 e. The average molecular weight is 405 g/mol. The molecule has 0 fully saturated rings. The average Bonchev–Trinajstić information content (AvgIpc) is 2.34. The van der Waals surface area contributed by atoms with Crippen LogP contribution in [0.5, 0.6) is 0 Å². The Morgan fingerprint density at radius 2 is 1.58 bits per heavy atom. The number of rotatable bonds is 3. The monoisotopic (exact) mass is 403 g/mol. The summed E-state index contributed by atoms with van der Waals surface area (Å²) >= 11 is 6.68. The van der Waals surface area contributed by atoms with E-state index in [1.54, 1.807) is 42.5 Å². The van der Waals surface area contributed by atoms with Gasteiger partial charge in [-0.2, -0.15) is 0 Å². The molecule has 0 radical (unpaired) electrons. The lowest BCUT2D eigenvalue weighted by Gasteiger charge is -2.09. The minimum Gasteiger partial charge on any atom is -0.280 e. The van der Waals surface area contributed by atoms with Gasteiger partial charge in [-0.1, -0.05) is 17.7 Å². The predicted molar refractivity (Wildman–Crippen MR) is 83.8 cm³/mol. The van der Waals surface area contributed by atoms with Gasteiger partial charge in [-0.25, -0.2) is 8.42 Å². The Hall–Kier alpha value is -0.850. The summed E-state index contributed by atoms with van der Waals surface area (Å²) in [6.07, 6.45) is 0. The highest BCUT2D eigenvalue weighted by Crippen LogP contribution is 2.27. The Morgan fingerprint density at radius 1 is 0.947 bits per heavy atom. The van der Waals surface area contributed by atoms with Crippen molar-refractivity contribution in [2.75, 3.05) is 4.72 Å². The van der Waals surface area contributed by atoms with E-state index in [2.05, 4.69) is 36.6 Å². The molecule has 0 amide bonds. The molecule has 0 saturated heterocycles. The van der Waals surface area contributed by atoms with Crippen molar-refractivity contribution in [3.05, 3.63) is 57.0 Å². The molecule has 2 rings (SSSR count).